The average molecular weight is 779 g/mol. The van der Waals surface area contributed by atoms with E-state index in [2.05, 4.69) is 199 Å². The molecule has 0 fully saturated rings. The second-order valence-electron chi connectivity index (χ2n) is 15.3. The van der Waals surface area contributed by atoms with Gasteiger partial charge in [0.15, 0.2) is 17.5 Å². The quantitative estimate of drug-likeness (QED) is 0.154. The second-order valence-corrected chi connectivity index (χ2v) is 15.3. The molecule has 0 N–H and O–H groups in total. The maximum absolute atomic E-state index is 5.16. The van der Waals surface area contributed by atoms with Gasteiger partial charge in [0.2, 0.25) is 0 Å². The second kappa shape index (κ2) is 15.5. The summed E-state index contributed by atoms with van der Waals surface area (Å²) in [4.78, 5) is 15.3. The van der Waals surface area contributed by atoms with Crippen molar-refractivity contribution in [2.75, 3.05) is 0 Å². The lowest BCUT2D eigenvalue weighted by molar-refractivity contribution is 1.07. The van der Waals surface area contributed by atoms with Gasteiger partial charge in [-0.05, 0) is 74.8 Å². The molecule has 286 valence electrons. The Morgan fingerprint density at radius 3 is 1.07 bits per heavy atom. The van der Waals surface area contributed by atoms with Crippen LogP contribution in [0.2, 0.25) is 0 Å². The van der Waals surface area contributed by atoms with Crippen molar-refractivity contribution in [2.45, 2.75) is 0 Å². The molecule has 61 heavy (non-hydrogen) atoms. The van der Waals surface area contributed by atoms with E-state index >= 15 is 0 Å². The van der Waals surface area contributed by atoms with E-state index in [1.165, 1.54) is 44.3 Å². The third-order valence-corrected chi connectivity index (χ3v) is 11.5. The molecule has 0 amide bonds. The van der Waals surface area contributed by atoms with Crippen molar-refractivity contribution in [3.63, 3.8) is 0 Å². The van der Waals surface area contributed by atoms with Crippen molar-refractivity contribution >= 4 is 21.8 Å². The number of hydrogen-bond acceptors (Lipinski definition) is 3. The number of benzene rings is 9. The molecule has 0 unspecified atom stereocenters. The van der Waals surface area contributed by atoms with Crippen molar-refractivity contribution in [3.05, 3.63) is 231 Å². The third-order valence-electron chi connectivity index (χ3n) is 11.5. The first kappa shape index (κ1) is 35.9. The fourth-order valence-corrected chi connectivity index (χ4v) is 8.33. The van der Waals surface area contributed by atoms with Crippen LogP contribution in [0.3, 0.4) is 0 Å². The summed E-state index contributed by atoms with van der Waals surface area (Å²) in [5.41, 5.74) is 15.5. The van der Waals surface area contributed by atoms with Gasteiger partial charge in [0.25, 0.3) is 0 Å². The maximum Gasteiger partial charge on any atom is 0.164 e. The highest BCUT2D eigenvalue weighted by atomic mass is 15.0. The van der Waals surface area contributed by atoms with Crippen LogP contribution >= 0.6 is 0 Å². The minimum Gasteiger partial charge on any atom is -0.309 e. The number of fused-ring (bicyclic) bond motifs is 3. The largest absolute Gasteiger partial charge is 0.309 e. The zero-order chi connectivity index (χ0) is 40.5. The van der Waals surface area contributed by atoms with Crippen LogP contribution in [-0.4, -0.2) is 19.5 Å². The zero-order valence-electron chi connectivity index (χ0n) is 33.2. The van der Waals surface area contributed by atoms with E-state index in [1.54, 1.807) is 0 Å². The molecule has 0 spiro atoms. The van der Waals surface area contributed by atoms with Crippen molar-refractivity contribution < 1.29 is 0 Å². The van der Waals surface area contributed by atoms with Gasteiger partial charge in [-0.15, -0.1) is 0 Å². The predicted octanol–water partition coefficient (Wildman–Crippen LogP) is 14.6. The van der Waals surface area contributed by atoms with Crippen LogP contribution in [-0.2, 0) is 0 Å². The molecular weight excluding hydrogens is 741 g/mol. The van der Waals surface area contributed by atoms with Gasteiger partial charge in [0.05, 0.1) is 11.0 Å². The van der Waals surface area contributed by atoms with Gasteiger partial charge in [0.1, 0.15) is 0 Å². The summed E-state index contributed by atoms with van der Waals surface area (Å²) in [6.45, 7) is 0. The summed E-state index contributed by atoms with van der Waals surface area (Å²) in [6.07, 6.45) is 0. The number of aromatic nitrogens is 4. The monoisotopic (exact) mass is 778 g/mol. The minimum atomic E-state index is 0.619. The topological polar surface area (TPSA) is 43.6 Å². The Hall–Kier alpha value is -8.21. The summed E-state index contributed by atoms with van der Waals surface area (Å²) >= 11 is 0. The molecule has 11 rings (SSSR count). The third kappa shape index (κ3) is 6.96. The molecule has 2 heterocycles. The fraction of sp³-hybridized carbons (Fsp3) is 0. The number of nitrogens with zero attached hydrogens (tertiary/aromatic N) is 4. The fourth-order valence-electron chi connectivity index (χ4n) is 8.33. The lowest BCUT2D eigenvalue weighted by Gasteiger charge is -2.12. The van der Waals surface area contributed by atoms with Crippen LogP contribution in [0.1, 0.15) is 0 Å². The Bertz CT molecular complexity index is 3290. The van der Waals surface area contributed by atoms with Crippen LogP contribution in [0, 0.1) is 0 Å². The highest BCUT2D eigenvalue weighted by Crippen LogP contribution is 2.38. The molecule has 0 radical (unpaired) electrons. The van der Waals surface area contributed by atoms with Crippen molar-refractivity contribution in [1.82, 2.24) is 19.5 Å². The molecule has 0 bridgehead atoms. The Morgan fingerprint density at radius 2 is 0.574 bits per heavy atom. The van der Waals surface area contributed by atoms with Gasteiger partial charge in [0, 0.05) is 33.2 Å². The van der Waals surface area contributed by atoms with E-state index < -0.39 is 0 Å². The normalized spacial score (nSPS) is 11.3. The maximum atomic E-state index is 5.16. The summed E-state index contributed by atoms with van der Waals surface area (Å²) in [7, 11) is 0. The van der Waals surface area contributed by atoms with E-state index in [0.717, 1.165) is 44.4 Å². The van der Waals surface area contributed by atoms with Crippen molar-refractivity contribution in [3.8, 4) is 84.4 Å². The van der Waals surface area contributed by atoms with Crippen LogP contribution in [0.4, 0.5) is 0 Å². The van der Waals surface area contributed by atoms with Gasteiger partial charge >= 0.3 is 0 Å². The van der Waals surface area contributed by atoms with Crippen molar-refractivity contribution in [2.24, 2.45) is 0 Å². The van der Waals surface area contributed by atoms with E-state index in [9.17, 15) is 0 Å². The van der Waals surface area contributed by atoms with Gasteiger partial charge in [-0.25, -0.2) is 15.0 Å². The standard InChI is InChI=1S/C57H38N4/c1-5-13-39(14-6-1)42-21-23-44(24-22-42)45-29-33-50(34-30-45)61-53-36-32-48(41-17-9-3-10-18-41)37-52(53)51-35-31-49(38-54(51)61)57-59-55(46-19-11-4-12-20-46)58-56(60-57)47-27-25-43(26-28-47)40-15-7-2-8-16-40/h1-38H. The molecule has 0 aliphatic rings. The Morgan fingerprint density at radius 1 is 0.230 bits per heavy atom. The first-order chi connectivity index (χ1) is 30.2. The van der Waals surface area contributed by atoms with E-state index in [0.29, 0.717) is 17.5 Å². The minimum absolute atomic E-state index is 0.619. The molecule has 11 aromatic rings. The highest BCUT2D eigenvalue weighted by molar-refractivity contribution is 6.11. The summed E-state index contributed by atoms with van der Waals surface area (Å²) < 4.78 is 2.37. The molecular formula is C57H38N4. The van der Waals surface area contributed by atoms with Crippen LogP contribution < -0.4 is 0 Å². The van der Waals surface area contributed by atoms with Crippen molar-refractivity contribution in [1.29, 1.82) is 0 Å². The molecule has 0 saturated heterocycles. The Kier molecular flexibility index (Phi) is 9.14. The zero-order valence-corrected chi connectivity index (χ0v) is 33.2. The van der Waals surface area contributed by atoms with E-state index in [1.807, 2.05) is 36.4 Å². The van der Waals surface area contributed by atoms with Crippen LogP contribution in [0.15, 0.2) is 231 Å². The SMILES string of the molecule is c1ccc(-c2ccc(-c3ccc(-n4c5ccc(-c6ccccc6)cc5c5ccc(-c6nc(-c7ccccc7)nc(-c7ccc(-c8ccccc8)cc7)n6)cc54)cc3)cc2)cc1. The molecule has 0 aliphatic carbocycles. The van der Waals surface area contributed by atoms with E-state index in [-0.39, 0.29) is 0 Å². The lowest BCUT2D eigenvalue weighted by atomic mass is 10.0. The van der Waals surface area contributed by atoms with Gasteiger partial charge in [-0.1, -0.05) is 200 Å². The molecule has 0 atom stereocenters. The van der Waals surface area contributed by atoms with Crippen LogP contribution in [0.25, 0.3) is 106 Å². The molecule has 2 aromatic heterocycles. The number of rotatable bonds is 8. The highest BCUT2D eigenvalue weighted by Gasteiger charge is 2.18. The van der Waals surface area contributed by atoms with E-state index in [4.69, 9.17) is 15.0 Å². The molecule has 0 saturated carbocycles. The van der Waals surface area contributed by atoms with Crippen LogP contribution in [0.5, 0.6) is 0 Å². The first-order valence-electron chi connectivity index (χ1n) is 20.6. The summed E-state index contributed by atoms with van der Waals surface area (Å²) in [6, 6.07) is 81.3. The Balaban J connectivity index is 1.04. The van der Waals surface area contributed by atoms with Gasteiger partial charge in [-0.2, -0.15) is 0 Å². The number of hydrogen-bond donors (Lipinski definition) is 0. The predicted molar refractivity (Wildman–Crippen MR) is 252 cm³/mol. The molecule has 9 aromatic carbocycles. The Labute approximate surface area is 354 Å². The first-order valence-corrected chi connectivity index (χ1v) is 20.6. The average Bonchev–Trinajstić information content (AvgIpc) is 3.68. The summed E-state index contributed by atoms with van der Waals surface area (Å²) in [5.74, 6) is 1.88. The molecule has 4 nitrogen and oxygen atoms in total. The van der Waals surface area contributed by atoms with Gasteiger partial charge in [-0.3, -0.25) is 0 Å². The smallest absolute Gasteiger partial charge is 0.164 e. The molecule has 0 aliphatic heterocycles. The lowest BCUT2D eigenvalue weighted by Crippen LogP contribution is -2.00. The summed E-state index contributed by atoms with van der Waals surface area (Å²) in [5, 5.41) is 2.34. The van der Waals surface area contributed by atoms with Gasteiger partial charge < -0.3 is 4.57 Å². The molecule has 4 heteroatoms.